The second-order valence-electron chi connectivity index (χ2n) is 2.16. The summed E-state index contributed by atoms with van der Waals surface area (Å²) in [4.78, 5) is 3.01. The molecule has 0 bridgehead atoms. The molecule has 0 aliphatic rings. The third kappa shape index (κ3) is 1.93. The number of aromatic nitrogens is 1. The lowest BCUT2D eigenvalue weighted by molar-refractivity contribution is -0.138. The number of hydrogen-bond acceptors (Lipinski definition) is 2. The van der Waals surface area contributed by atoms with Crippen LogP contribution in [0.25, 0.3) is 0 Å². The van der Waals surface area contributed by atoms with Crippen molar-refractivity contribution in [2.75, 3.05) is 0 Å². The first kappa shape index (κ1) is 9.45. The summed E-state index contributed by atoms with van der Waals surface area (Å²) in [6.07, 6.45) is -4.22. The highest BCUT2D eigenvalue weighted by molar-refractivity contribution is 5.26. The van der Waals surface area contributed by atoms with Crippen LogP contribution in [0.2, 0.25) is 0 Å². The first-order chi connectivity index (χ1) is 5.95. The summed E-state index contributed by atoms with van der Waals surface area (Å²) in [5.74, 6) is -1.27. The van der Waals surface area contributed by atoms with Crippen molar-refractivity contribution in [1.82, 2.24) is 4.98 Å². The Balaban J connectivity index is 3.20. The first-order valence-electron chi connectivity index (χ1n) is 3.08. The van der Waals surface area contributed by atoms with E-state index >= 15 is 0 Å². The van der Waals surface area contributed by atoms with Gasteiger partial charge in [0, 0.05) is 6.20 Å². The zero-order valence-corrected chi connectivity index (χ0v) is 6.06. The molecule has 0 radical (unpaired) electrons. The van der Waals surface area contributed by atoms with Crippen molar-refractivity contribution in [3.8, 4) is 6.07 Å². The Labute approximate surface area is 70.4 Å². The summed E-state index contributed by atoms with van der Waals surface area (Å²) in [5, 5.41) is 8.18. The smallest absolute Gasteiger partial charge is 0.242 e. The Kier molecular flexibility index (Phi) is 2.19. The minimum atomic E-state index is -4.64. The zero-order chi connectivity index (χ0) is 10.1. The zero-order valence-electron chi connectivity index (χ0n) is 6.06. The van der Waals surface area contributed by atoms with Crippen molar-refractivity contribution in [3.63, 3.8) is 0 Å². The average Bonchev–Trinajstić information content (AvgIpc) is 2.02. The maximum atomic E-state index is 12.6. The molecule has 0 amide bonds. The number of nitrogens with zero attached hydrogens (tertiary/aromatic N) is 2. The monoisotopic (exact) mass is 190 g/mol. The van der Waals surface area contributed by atoms with E-state index in [9.17, 15) is 17.6 Å². The van der Waals surface area contributed by atoms with Crippen LogP contribution < -0.4 is 0 Å². The van der Waals surface area contributed by atoms with Gasteiger partial charge in [-0.15, -0.1) is 0 Å². The van der Waals surface area contributed by atoms with E-state index in [1.807, 2.05) is 0 Å². The molecule has 1 heterocycles. The van der Waals surface area contributed by atoms with Gasteiger partial charge in [0.1, 0.15) is 6.07 Å². The number of rotatable bonds is 0. The van der Waals surface area contributed by atoms with E-state index in [2.05, 4.69) is 4.98 Å². The van der Waals surface area contributed by atoms with Gasteiger partial charge in [-0.25, -0.2) is 9.37 Å². The van der Waals surface area contributed by atoms with E-state index in [0.29, 0.717) is 6.20 Å². The van der Waals surface area contributed by atoms with Gasteiger partial charge in [0.2, 0.25) is 0 Å². The largest absolute Gasteiger partial charge is 0.417 e. The quantitative estimate of drug-likeness (QED) is 0.587. The van der Waals surface area contributed by atoms with Crippen LogP contribution in [-0.2, 0) is 6.18 Å². The fourth-order valence-electron chi connectivity index (χ4n) is 0.675. The third-order valence-electron chi connectivity index (χ3n) is 1.27. The molecule has 13 heavy (non-hydrogen) atoms. The molecule has 0 aliphatic heterocycles. The molecule has 0 aromatic carbocycles. The Hall–Kier alpha value is -1.64. The number of halogens is 4. The van der Waals surface area contributed by atoms with E-state index in [0.717, 1.165) is 0 Å². The van der Waals surface area contributed by atoms with Crippen LogP contribution >= 0.6 is 0 Å². The maximum Gasteiger partial charge on any atom is 0.417 e. The SMILES string of the molecule is N#Cc1ncc(C(F)(F)F)cc1F. The van der Waals surface area contributed by atoms with Crippen LogP contribution in [0.1, 0.15) is 11.3 Å². The summed E-state index contributed by atoms with van der Waals surface area (Å²) in [5.41, 5.74) is -1.85. The van der Waals surface area contributed by atoms with Crippen molar-refractivity contribution in [2.45, 2.75) is 6.18 Å². The van der Waals surface area contributed by atoms with Crippen molar-refractivity contribution in [3.05, 3.63) is 29.3 Å². The van der Waals surface area contributed by atoms with Crippen molar-refractivity contribution < 1.29 is 17.6 Å². The Morgan fingerprint density at radius 3 is 2.38 bits per heavy atom. The van der Waals surface area contributed by atoms with Gasteiger partial charge >= 0.3 is 6.18 Å². The highest BCUT2D eigenvalue weighted by Gasteiger charge is 2.31. The summed E-state index contributed by atoms with van der Waals surface area (Å²) in [6, 6.07) is 1.56. The predicted octanol–water partition coefficient (Wildman–Crippen LogP) is 2.11. The molecule has 0 N–H and O–H groups in total. The van der Waals surface area contributed by atoms with E-state index in [4.69, 9.17) is 5.26 Å². The maximum absolute atomic E-state index is 12.6. The Morgan fingerprint density at radius 2 is 2.00 bits per heavy atom. The Bertz CT molecular complexity index is 364. The molecular weight excluding hydrogens is 188 g/mol. The van der Waals surface area contributed by atoms with Crippen LogP contribution in [0.3, 0.4) is 0 Å². The van der Waals surface area contributed by atoms with Gasteiger partial charge < -0.3 is 0 Å². The number of pyridine rings is 1. The molecule has 1 rings (SSSR count). The van der Waals surface area contributed by atoms with E-state index in [-0.39, 0.29) is 6.07 Å². The predicted molar refractivity (Wildman–Crippen MR) is 33.9 cm³/mol. The van der Waals surface area contributed by atoms with E-state index in [1.54, 1.807) is 0 Å². The molecule has 0 aliphatic carbocycles. The molecule has 0 saturated carbocycles. The molecule has 1 aromatic heterocycles. The molecule has 0 spiro atoms. The summed E-state index contributed by atoms with van der Waals surface area (Å²) < 4.78 is 48.3. The van der Waals surface area contributed by atoms with E-state index in [1.165, 1.54) is 6.07 Å². The second kappa shape index (κ2) is 3.01. The van der Waals surface area contributed by atoms with Crippen LogP contribution in [0, 0.1) is 17.1 Å². The minimum Gasteiger partial charge on any atom is -0.242 e. The Morgan fingerprint density at radius 1 is 1.38 bits per heavy atom. The molecule has 0 fully saturated rings. The lowest BCUT2D eigenvalue weighted by Crippen LogP contribution is -2.07. The molecule has 0 atom stereocenters. The second-order valence-corrected chi connectivity index (χ2v) is 2.16. The van der Waals surface area contributed by atoms with Crippen molar-refractivity contribution in [2.24, 2.45) is 0 Å². The fourth-order valence-corrected chi connectivity index (χ4v) is 0.675. The van der Waals surface area contributed by atoms with Crippen LogP contribution in [0.4, 0.5) is 17.6 Å². The summed E-state index contributed by atoms with van der Waals surface area (Å²) in [6.45, 7) is 0. The molecule has 0 unspecified atom stereocenters. The average molecular weight is 190 g/mol. The topological polar surface area (TPSA) is 36.7 Å². The van der Waals surface area contributed by atoms with Gasteiger partial charge in [-0.05, 0) is 6.07 Å². The van der Waals surface area contributed by atoms with Crippen LogP contribution in [0.15, 0.2) is 12.3 Å². The van der Waals surface area contributed by atoms with Crippen molar-refractivity contribution >= 4 is 0 Å². The van der Waals surface area contributed by atoms with Gasteiger partial charge in [0.15, 0.2) is 11.5 Å². The number of nitriles is 1. The highest BCUT2D eigenvalue weighted by atomic mass is 19.4. The van der Waals surface area contributed by atoms with Gasteiger partial charge in [-0.1, -0.05) is 0 Å². The molecule has 0 saturated heterocycles. The number of hydrogen-bond donors (Lipinski definition) is 0. The van der Waals surface area contributed by atoms with Crippen molar-refractivity contribution in [1.29, 1.82) is 5.26 Å². The lowest BCUT2D eigenvalue weighted by atomic mass is 10.2. The van der Waals surface area contributed by atoms with Crippen LogP contribution in [-0.4, -0.2) is 4.98 Å². The first-order valence-corrected chi connectivity index (χ1v) is 3.08. The molecule has 68 valence electrons. The minimum absolute atomic E-state index is 0.242. The standard InChI is InChI=1S/C7H2F4N2/c8-5-1-4(7(9,10)11)3-13-6(5)2-12/h1,3H. The normalized spacial score (nSPS) is 11.0. The van der Waals surface area contributed by atoms with Crippen LogP contribution in [0.5, 0.6) is 0 Å². The molecule has 6 heteroatoms. The lowest BCUT2D eigenvalue weighted by Gasteiger charge is -2.05. The summed E-state index contributed by atoms with van der Waals surface area (Å²) in [7, 11) is 0. The fraction of sp³-hybridized carbons (Fsp3) is 0.143. The molecule has 2 nitrogen and oxygen atoms in total. The highest BCUT2D eigenvalue weighted by Crippen LogP contribution is 2.29. The third-order valence-corrected chi connectivity index (χ3v) is 1.27. The van der Waals surface area contributed by atoms with Gasteiger partial charge in [0.25, 0.3) is 0 Å². The molecular formula is C7H2F4N2. The van der Waals surface area contributed by atoms with Gasteiger partial charge in [-0.3, -0.25) is 0 Å². The van der Waals surface area contributed by atoms with E-state index < -0.39 is 23.3 Å². The summed E-state index contributed by atoms with van der Waals surface area (Å²) >= 11 is 0. The van der Waals surface area contributed by atoms with Gasteiger partial charge in [-0.2, -0.15) is 18.4 Å². The van der Waals surface area contributed by atoms with Gasteiger partial charge in [0.05, 0.1) is 5.56 Å². The molecule has 1 aromatic rings. The number of alkyl halides is 3.